The van der Waals surface area contributed by atoms with Gasteiger partial charge in [0, 0.05) is 19.2 Å². The van der Waals surface area contributed by atoms with E-state index in [4.69, 9.17) is 0 Å². The first-order valence-electron chi connectivity index (χ1n) is 9.73. The Kier molecular flexibility index (Phi) is 5.65. The molecule has 160 valence electrons. The lowest BCUT2D eigenvalue weighted by Gasteiger charge is -2.29. The Labute approximate surface area is 176 Å². The van der Waals surface area contributed by atoms with Crippen LogP contribution in [-0.4, -0.2) is 49.2 Å². The van der Waals surface area contributed by atoms with Crippen LogP contribution in [-0.2, 0) is 7.05 Å². The second kappa shape index (κ2) is 8.54. The molecule has 31 heavy (non-hydrogen) atoms. The Hall–Kier alpha value is -3.76. The summed E-state index contributed by atoms with van der Waals surface area (Å²) in [6, 6.07) is 2.76. The molecule has 1 N–H and O–H groups in total. The van der Waals surface area contributed by atoms with E-state index in [1.54, 1.807) is 13.2 Å². The van der Waals surface area contributed by atoms with Gasteiger partial charge in [0.25, 0.3) is 11.9 Å². The summed E-state index contributed by atoms with van der Waals surface area (Å²) >= 11 is 0. The van der Waals surface area contributed by atoms with Gasteiger partial charge in [-0.3, -0.25) is 9.78 Å². The zero-order chi connectivity index (χ0) is 22.0. The number of carbonyl (C=O) groups is 1. The average molecular weight is 426 g/mol. The highest BCUT2D eigenvalue weighted by molar-refractivity contribution is 6.03. The van der Waals surface area contributed by atoms with Crippen LogP contribution < -0.4 is 10.2 Å². The third-order valence-corrected chi connectivity index (χ3v) is 5.05. The van der Waals surface area contributed by atoms with Crippen molar-refractivity contribution in [3.05, 3.63) is 59.1 Å². The summed E-state index contributed by atoms with van der Waals surface area (Å²) in [5.74, 6) is -1.71. The molecule has 11 heteroatoms. The van der Waals surface area contributed by atoms with E-state index < -0.39 is 17.5 Å². The first-order chi connectivity index (χ1) is 14.9. The number of benzene rings is 1. The van der Waals surface area contributed by atoms with E-state index >= 15 is 0 Å². The number of anilines is 2. The summed E-state index contributed by atoms with van der Waals surface area (Å²) < 4.78 is 26.8. The van der Waals surface area contributed by atoms with E-state index in [0.717, 1.165) is 37.1 Å². The number of carbonyl (C=O) groups excluding carboxylic acids is 1. The molecular formula is C20H20F2N8O. The molecule has 0 fully saturated rings. The van der Waals surface area contributed by atoms with Crippen molar-refractivity contribution in [3.8, 4) is 0 Å². The molecule has 0 radical (unpaired) electrons. The van der Waals surface area contributed by atoms with Crippen molar-refractivity contribution in [3.63, 3.8) is 0 Å². The zero-order valence-corrected chi connectivity index (χ0v) is 17.0. The molecule has 2 aromatic heterocycles. The minimum atomic E-state index is -0.945. The first-order valence-corrected chi connectivity index (χ1v) is 9.73. The maximum atomic E-state index is 13.8. The molecule has 0 saturated heterocycles. The third kappa shape index (κ3) is 4.39. The minimum Gasteiger partial charge on any atom is -0.333 e. The van der Waals surface area contributed by atoms with Crippen LogP contribution in [0.1, 0.15) is 35.8 Å². The van der Waals surface area contributed by atoms with Gasteiger partial charge in [0.05, 0.1) is 30.7 Å². The van der Waals surface area contributed by atoms with Crippen LogP contribution in [0.2, 0.25) is 0 Å². The molecule has 3 heterocycles. The Morgan fingerprint density at radius 2 is 2.06 bits per heavy atom. The van der Waals surface area contributed by atoms with Crippen molar-refractivity contribution < 1.29 is 13.6 Å². The van der Waals surface area contributed by atoms with E-state index in [-0.39, 0.29) is 11.4 Å². The monoisotopic (exact) mass is 426 g/mol. The van der Waals surface area contributed by atoms with Gasteiger partial charge < -0.3 is 10.2 Å². The highest BCUT2D eigenvalue weighted by Crippen LogP contribution is 2.29. The predicted octanol–water partition coefficient (Wildman–Crippen LogP) is 2.60. The lowest BCUT2D eigenvalue weighted by atomic mass is 9.96. The molecule has 9 nitrogen and oxygen atoms in total. The van der Waals surface area contributed by atoms with Gasteiger partial charge in [0.2, 0.25) is 0 Å². The van der Waals surface area contributed by atoms with Crippen LogP contribution in [0.5, 0.6) is 0 Å². The Morgan fingerprint density at radius 1 is 1.23 bits per heavy atom. The number of amides is 1. The number of nitrogens with zero attached hydrogens (tertiary/aromatic N) is 7. The van der Waals surface area contributed by atoms with Crippen LogP contribution >= 0.6 is 0 Å². The topological polar surface area (TPSA) is 102 Å². The smallest absolute Gasteiger partial charge is 0.266 e. The maximum absolute atomic E-state index is 13.8. The van der Waals surface area contributed by atoms with Crippen molar-refractivity contribution in [1.29, 1.82) is 0 Å². The van der Waals surface area contributed by atoms with E-state index in [2.05, 4.69) is 37.6 Å². The molecule has 1 aliphatic rings. The van der Waals surface area contributed by atoms with Crippen LogP contribution in [0.15, 0.2) is 36.2 Å². The number of halogens is 2. The molecule has 0 bridgehead atoms. The van der Waals surface area contributed by atoms with Crippen LogP contribution in [0.25, 0.3) is 5.57 Å². The second-order valence-electron chi connectivity index (χ2n) is 7.05. The van der Waals surface area contributed by atoms with E-state index in [9.17, 15) is 13.6 Å². The molecule has 0 unspecified atom stereocenters. The molecule has 0 spiro atoms. The molecule has 0 atom stereocenters. The number of aromatic nitrogens is 6. The predicted molar refractivity (Wildman–Crippen MR) is 109 cm³/mol. The Bertz CT molecular complexity index is 1140. The van der Waals surface area contributed by atoms with Crippen molar-refractivity contribution in [2.45, 2.75) is 19.8 Å². The van der Waals surface area contributed by atoms with Crippen LogP contribution in [0, 0.1) is 11.6 Å². The summed E-state index contributed by atoms with van der Waals surface area (Å²) in [4.78, 5) is 24.4. The van der Waals surface area contributed by atoms with E-state index in [1.807, 2.05) is 4.90 Å². The van der Waals surface area contributed by atoms with Gasteiger partial charge in [-0.15, -0.1) is 5.10 Å². The van der Waals surface area contributed by atoms with Gasteiger partial charge in [-0.1, -0.05) is 17.6 Å². The molecular weight excluding hydrogens is 406 g/mol. The number of rotatable bonds is 5. The molecule has 0 aliphatic carbocycles. The average Bonchev–Trinajstić information content (AvgIpc) is 3.20. The van der Waals surface area contributed by atoms with Crippen molar-refractivity contribution in [1.82, 2.24) is 30.2 Å². The molecule has 4 rings (SSSR count). The van der Waals surface area contributed by atoms with Crippen molar-refractivity contribution in [2.24, 2.45) is 7.05 Å². The highest BCUT2D eigenvalue weighted by atomic mass is 19.1. The van der Waals surface area contributed by atoms with Gasteiger partial charge in [-0.2, -0.15) is 4.80 Å². The SMILES string of the molecule is CCC1=C(c2cnc(NC(=O)c3ccc(F)cc3F)cn2)CN(c2nnn(C)n2)CC1. The fraction of sp³-hybridized carbons (Fsp3) is 0.300. The molecule has 0 saturated carbocycles. The second-order valence-corrected chi connectivity index (χ2v) is 7.05. The Balaban J connectivity index is 1.52. The fourth-order valence-electron chi connectivity index (χ4n) is 3.43. The normalized spacial score (nSPS) is 14.1. The van der Waals surface area contributed by atoms with Crippen LogP contribution in [0.3, 0.4) is 0 Å². The highest BCUT2D eigenvalue weighted by Gasteiger charge is 2.23. The van der Waals surface area contributed by atoms with Crippen molar-refractivity contribution >= 4 is 23.2 Å². The number of nitrogens with one attached hydrogen (secondary N) is 1. The van der Waals surface area contributed by atoms with Gasteiger partial charge in [0.15, 0.2) is 5.82 Å². The van der Waals surface area contributed by atoms with Gasteiger partial charge in [-0.05, 0) is 35.8 Å². The summed E-state index contributed by atoms with van der Waals surface area (Å²) in [6.07, 6.45) is 4.69. The molecule has 3 aromatic rings. The van der Waals surface area contributed by atoms with E-state index in [0.29, 0.717) is 24.3 Å². The molecule has 1 amide bonds. The third-order valence-electron chi connectivity index (χ3n) is 5.05. The summed E-state index contributed by atoms with van der Waals surface area (Å²) in [6.45, 7) is 3.43. The molecule has 1 aliphatic heterocycles. The van der Waals surface area contributed by atoms with Gasteiger partial charge in [-0.25, -0.2) is 13.8 Å². The van der Waals surface area contributed by atoms with Crippen LogP contribution in [0.4, 0.5) is 20.5 Å². The zero-order valence-electron chi connectivity index (χ0n) is 17.0. The lowest BCUT2D eigenvalue weighted by Crippen LogP contribution is -2.32. The summed E-state index contributed by atoms with van der Waals surface area (Å²) in [5.41, 5.74) is 2.69. The number of hydrogen-bond donors (Lipinski definition) is 1. The number of tetrazole rings is 1. The quantitative estimate of drug-likeness (QED) is 0.669. The Morgan fingerprint density at radius 3 is 2.71 bits per heavy atom. The minimum absolute atomic E-state index is 0.166. The summed E-state index contributed by atoms with van der Waals surface area (Å²) in [5, 5.41) is 14.7. The van der Waals surface area contributed by atoms with Gasteiger partial charge >= 0.3 is 0 Å². The maximum Gasteiger partial charge on any atom is 0.266 e. The first kappa shape index (κ1) is 20.5. The number of aryl methyl sites for hydroxylation is 1. The number of hydrogen-bond acceptors (Lipinski definition) is 7. The summed E-state index contributed by atoms with van der Waals surface area (Å²) in [7, 11) is 1.71. The fourth-order valence-corrected chi connectivity index (χ4v) is 3.43. The largest absolute Gasteiger partial charge is 0.333 e. The van der Waals surface area contributed by atoms with Gasteiger partial charge in [0.1, 0.15) is 11.6 Å². The van der Waals surface area contributed by atoms with E-state index in [1.165, 1.54) is 16.6 Å². The molecule has 1 aromatic carbocycles. The standard InChI is InChI=1S/C20H20F2N8O/c1-3-12-6-7-30(20-26-28-29(2)27-20)11-15(12)17-9-24-18(10-23-17)25-19(31)14-5-4-13(21)8-16(14)22/h4-5,8-10H,3,6-7,11H2,1-2H3,(H,24,25,31). The lowest BCUT2D eigenvalue weighted by molar-refractivity contribution is 0.102. The van der Waals surface area contributed by atoms with Crippen molar-refractivity contribution in [2.75, 3.05) is 23.3 Å².